The first-order valence-electron chi connectivity index (χ1n) is 40.6. The second-order valence-electron chi connectivity index (χ2n) is 32.2. The van der Waals surface area contributed by atoms with Crippen LogP contribution in [0, 0.1) is 79.4 Å². The minimum absolute atomic E-state index is 0.00370. The lowest BCUT2D eigenvalue weighted by molar-refractivity contribution is -0.0793. The molecular formula is C86H78Cl3F10N17O10. The van der Waals surface area contributed by atoms with Gasteiger partial charge >= 0.3 is 5.92 Å². The van der Waals surface area contributed by atoms with E-state index in [1.54, 1.807) is 43.7 Å². The average molecular weight is 1810 g/mol. The Morgan fingerprint density at radius 2 is 0.738 bits per heavy atom. The molecule has 0 spiro atoms. The van der Waals surface area contributed by atoms with Crippen LogP contribution in [0.3, 0.4) is 0 Å². The normalized spacial score (nSPS) is 18.3. The second kappa shape index (κ2) is 35.6. The number of aromatic nitrogens is 10. The number of benzene rings is 5. The van der Waals surface area contributed by atoms with Gasteiger partial charge in [-0.25, -0.2) is 67.3 Å². The maximum atomic E-state index is 14.4. The van der Waals surface area contributed by atoms with Gasteiger partial charge in [0.1, 0.15) is 61.5 Å². The SMILES string of the molecule is Cc1cc(C#N)c(F)cc1-c1c(C(=O)NC2CC2)nn2c1OC[C@@H](F)C2.Cc1cc(Cl)c(F)cc1-c1c(C(=O)NC2CC2)nn2c1OC[C@@H](F)C2.Cc1cc(Cl)c(F)cc1-c1c(C(=O)NC2CC2)nn2c1OC[C@H](F)C2.Cc1ccc(C#N)cc1-c1c(C(=O)NC2CC2)nn2c1OCCC2.O=C(NC1CC1)c1nn2c(c1-c1cc(F)c(Cl)cc1F)OCC(F)(F)C2. The highest BCUT2D eigenvalue weighted by Gasteiger charge is 2.44. The minimum Gasteiger partial charge on any atom is -0.477 e. The van der Waals surface area contributed by atoms with Crippen LogP contribution in [0.2, 0.25) is 15.1 Å². The van der Waals surface area contributed by atoms with Crippen LogP contribution in [0.5, 0.6) is 29.4 Å². The van der Waals surface area contributed by atoms with E-state index in [0.717, 1.165) is 105 Å². The van der Waals surface area contributed by atoms with Gasteiger partial charge in [0.25, 0.3) is 29.5 Å². The third-order valence-electron chi connectivity index (χ3n) is 21.7. The fraction of sp³-hybridized carbons (Fsp3) is 0.395. The molecule has 3 atom stereocenters. The number of hydrogen-bond donors (Lipinski definition) is 5. The number of nitrogens with zero attached hydrogens (tertiary/aromatic N) is 12. The average Bonchev–Trinajstić information content (AvgIpc) is 1.60. The van der Waals surface area contributed by atoms with Crippen molar-refractivity contribution in [1.29, 1.82) is 10.5 Å². The molecule has 5 amide bonds. The number of nitriles is 2. The molecule has 10 heterocycles. The molecule has 27 nitrogen and oxygen atoms in total. The summed E-state index contributed by atoms with van der Waals surface area (Å²) in [6, 6.07) is 19.7. The molecule has 5 aliphatic carbocycles. The summed E-state index contributed by atoms with van der Waals surface area (Å²) in [6.45, 7) is 6.30. The third-order valence-corrected chi connectivity index (χ3v) is 22.6. The zero-order chi connectivity index (χ0) is 89.2. The molecular weight excluding hydrogens is 1730 g/mol. The van der Waals surface area contributed by atoms with E-state index in [9.17, 15) is 73.1 Å². The highest BCUT2D eigenvalue weighted by atomic mass is 35.5. The third kappa shape index (κ3) is 18.9. The Kier molecular flexibility index (Phi) is 24.6. The van der Waals surface area contributed by atoms with E-state index in [0.29, 0.717) is 79.4 Å². The predicted octanol–water partition coefficient (Wildman–Crippen LogP) is 14.8. The summed E-state index contributed by atoms with van der Waals surface area (Å²) in [5.41, 5.74) is 7.22. The molecule has 658 valence electrons. The molecule has 5 aromatic carbocycles. The molecule has 126 heavy (non-hydrogen) atoms. The van der Waals surface area contributed by atoms with E-state index in [1.165, 1.54) is 50.4 Å². The van der Waals surface area contributed by atoms with Gasteiger partial charge in [0.15, 0.2) is 53.6 Å². The van der Waals surface area contributed by atoms with Crippen molar-refractivity contribution in [2.24, 2.45) is 0 Å². The van der Waals surface area contributed by atoms with E-state index >= 15 is 0 Å². The number of alkyl halides is 5. The lowest BCUT2D eigenvalue weighted by Crippen LogP contribution is -2.36. The molecule has 5 fully saturated rings. The van der Waals surface area contributed by atoms with Crippen molar-refractivity contribution in [3.05, 3.63) is 173 Å². The largest absolute Gasteiger partial charge is 0.477 e. The van der Waals surface area contributed by atoms with E-state index in [1.807, 2.05) is 13.0 Å². The zero-order valence-electron chi connectivity index (χ0n) is 67.7. The summed E-state index contributed by atoms with van der Waals surface area (Å²) < 4.78 is 173. The van der Waals surface area contributed by atoms with E-state index in [4.69, 9.17) is 63.7 Å². The summed E-state index contributed by atoms with van der Waals surface area (Å²) >= 11 is 17.2. The van der Waals surface area contributed by atoms with Gasteiger partial charge in [-0.15, -0.1) is 0 Å². The van der Waals surface area contributed by atoms with Crippen LogP contribution in [0.4, 0.5) is 43.9 Å². The Morgan fingerprint density at radius 3 is 1.13 bits per heavy atom. The summed E-state index contributed by atoms with van der Waals surface area (Å²) in [4.78, 5) is 62.9. The summed E-state index contributed by atoms with van der Waals surface area (Å²) in [5.74, 6) is -7.68. The molecule has 40 heteroatoms. The number of nitrogens with one attached hydrogen (secondary N) is 5. The van der Waals surface area contributed by atoms with Crippen LogP contribution in [0.15, 0.2) is 66.7 Å². The van der Waals surface area contributed by atoms with Crippen molar-refractivity contribution in [2.45, 2.75) is 186 Å². The fourth-order valence-corrected chi connectivity index (χ4v) is 15.2. The number of fused-ring (bicyclic) bond motifs is 5. The van der Waals surface area contributed by atoms with Crippen molar-refractivity contribution in [1.82, 2.24) is 75.5 Å². The minimum atomic E-state index is -3.19. The van der Waals surface area contributed by atoms with Crippen molar-refractivity contribution in [2.75, 3.05) is 33.0 Å². The lowest BCUT2D eigenvalue weighted by atomic mass is 9.97. The van der Waals surface area contributed by atoms with E-state index < -0.39 is 83.5 Å². The number of rotatable bonds is 15. The summed E-state index contributed by atoms with van der Waals surface area (Å²) in [5, 5.41) is 53.1. The van der Waals surface area contributed by atoms with Gasteiger partial charge < -0.3 is 50.3 Å². The van der Waals surface area contributed by atoms with Gasteiger partial charge in [0.05, 0.1) is 86.3 Å². The maximum absolute atomic E-state index is 14.4. The molecule has 0 unspecified atom stereocenters. The van der Waals surface area contributed by atoms with E-state index in [-0.39, 0.29) is 160 Å². The molecule has 5 aliphatic heterocycles. The number of carbonyl (C=O) groups excluding carboxylic acids is 5. The number of halogens is 13. The molecule has 10 aliphatic rings. The molecule has 5 saturated carbocycles. The highest BCUT2D eigenvalue weighted by Crippen LogP contribution is 2.47. The number of ether oxygens (including phenoxy) is 5. The smallest absolute Gasteiger partial charge is 0.300 e. The topological polar surface area (TPSA) is 328 Å². The molecule has 0 saturated heterocycles. The van der Waals surface area contributed by atoms with Crippen LogP contribution in [0.25, 0.3) is 55.6 Å². The van der Waals surface area contributed by atoms with Gasteiger partial charge in [-0.1, -0.05) is 40.9 Å². The quantitative estimate of drug-likeness (QED) is 0.0470. The first kappa shape index (κ1) is 87.1. The van der Waals surface area contributed by atoms with Crippen molar-refractivity contribution < 1.29 is 91.6 Å². The Balaban J connectivity index is 0.000000116. The number of hydrogen-bond acceptors (Lipinski definition) is 17. The van der Waals surface area contributed by atoms with Crippen LogP contribution in [-0.4, -0.2) is 166 Å². The number of aryl methyl sites for hydroxylation is 5. The first-order chi connectivity index (χ1) is 60.3. The standard InChI is InChI=1S/C18H16F2N4O2.C18H18N4O2.2C17H16ClF2N3O2.C16H12ClF4N3O2/c1-9-4-10(6-21)14(20)5-13(9)15-16(17(25)22-12-2-3-12)23-24-7-11(19)8-26-18(15)24;1-11-3-4-12(10-19)9-14(11)15-16(17(23)20-13-5-6-13)21-22-7-2-8-24-18(15)22;2*1-8-4-12(18)13(20)5-11(8)14-15(16(24)21-10-2-3-10)22-23-6-9(19)7-25-17(14)23;17-9-4-10(18)8(3-11(9)19)12-13(14(25)22-7-1-2-7)23-24-5-16(20,21)6-26-15(12)24/h4-5,11-12H,2-3,7-8H2,1H3,(H,22,25);3-4,9,13H,2,5-8H2,1H3,(H,20,23);2*4-5,9-10H,2-3,6-7H2,1H3,(H,21,24);3-4,7H,1-2,5-6H2,(H,22,25)/t11-;;2*9-;/m0.10./s1. The molecule has 5 N–H and O–H groups in total. The molecule has 10 aromatic rings. The summed E-state index contributed by atoms with van der Waals surface area (Å²) in [7, 11) is 0. The van der Waals surface area contributed by atoms with E-state index in [2.05, 4.69) is 58.1 Å². The van der Waals surface area contributed by atoms with Gasteiger partial charge in [0, 0.05) is 48.7 Å². The van der Waals surface area contributed by atoms with Gasteiger partial charge in [-0.3, -0.25) is 24.0 Å². The number of carbonyl (C=O) groups is 5. The first-order valence-corrected chi connectivity index (χ1v) is 41.7. The number of amides is 5. The monoisotopic (exact) mass is 1800 g/mol. The molecule has 5 aromatic heterocycles. The highest BCUT2D eigenvalue weighted by molar-refractivity contribution is 6.31. The van der Waals surface area contributed by atoms with Crippen LogP contribution < -0.4 is 50.3 Å². The van der Waals surface area contributed by atoms with Gasteiger partial charge in [0.2, 0.25) is 29.4 Å². The Bertz CT molecular complexity index is 6000. The van der Waals surface area contributed by atoms with Crippen LogP contribution >= 0.6 is 34.8 Å². The van der Waals surface area contributed by atoms with Crippen molar-refractivity contribution >= 4 is 64.3 Å². The maximum Gasteiger partial charge on any atom is 0.300 e. The van der Waals surface area contributed by atoms with Gasteiger partial charge in [-0.2, -0.15) is 36.0 Å². The molecule has 0 bridgehead atoms. The Morgan fingerprint density at radius 1 is 0.405 bits per heavy atom. The van der Waals surface area contributed by atoms with Crippen LogP contribution in [-0.2, 0) is 32.7 Å². The van der Waals surface area contributed by atoms with Gasteiger partial charge in [-0.05, 0) is 197 Å². The lowest BCUT2D eigenvalue weighted by Gasteiger charge is -2.24. The predicted molar refractivity (Wildman–Crippen MR) is 436 cm³/mol. The summed E-state index contributed by atoms with van der Waals surface area (Å²) in [6.07, 6.45) is 6.35. The molecule has 0 radical (unpaired) electrons. The Labute approximate surface area is 726 Å². The second-order valence-corrected chi connectivity index (χ2v) is 33.4. The Hall–Kier alpha value is -12.4. The van der Waals surface area contributed by atoms with Crippen molar-refractivity contribution in [3.8, 4) is 97.2 Å². The zero-order valence-corrected chi connectivity index (χ0v) is 69.9. The van der Waals surface area contributed by atoms with Crippen molar-refractivity contribution in [3.63, 3.8) is 0 Å². The van der Waals surface area contributed by atoms with Crippen LogP contribution in [0.1, 0.15) is 156 Å². The fourth-order valence-electron chi connectivity index (χ4n) is 14.6. The molecule has 20 rings (SSSR count).